The number of hydrogen-bond acceptors (Lipinski definition) is 4. The summed E-state index contributed by atoms with van der Waals surface area (Å²) in [5.41, 5.74) is 3.04. The van der Waals surface area contributed by atoms with E-state index in [0.29, 0.717) is 40.4 Å². The quantitative estimate of drug-likeness (QED) is 0.658. The standard InChI is InChI=1S/C20H15Cl2N3O3/c21-14-5-1-12(2-6-14)18-19(13-3-7-15(22)8-4-13)24-17(9-23-18)28-16-10-25(11-16)20(26)27/h1-9,16H,10-11H2,(H,26,27). The van der Waals surface area contributed by atoms with Crippen molar-refractivity contribution in [3.63, 3.8) is 0 Å². The highest BCUT2D eigenvalue weighted by molar-refractivity contribution is 6.31. The van der Waals surface area contributed by atoms with Gasteiger partial charge in [0.1, 0.15) is 11.8 Å². The smallest absolute Gasteiger partial charge is 0.407 e. The van der Waals surface area contributed by atoms with Crippen LogP contribution < -0.4 is 4.74 Å². The van der Waals surface area contributed by atoms with E-state index in [1.54, 1.807) is 30.5 Å². The summed E-state index contributed by atoms with van der Waals surface area (Å²) in [6.45, 7) is 0.623. The molecule has 8 heteroatoms. The summed E-state index contributed by atoms with van der Waals surface area (Å²) in [5, 5.41) is 10.2. The Labute approximate surface area is 171 Å². The molecule has 0 radical (unpaired) electrons. The van der Waals surface area contributed by atoms with Gasteiger partial charge in [-0.25, -0.2) is 14.8 Å². The van der Waals surface area contributed by atoms with Crippen LogP contribution in [-0.4, -0.2) is 45.3 Å². The maximum absolute atomic E-state index is 10.9. The molecule has 6 nitrogen and oxygen atoms in total. The first-order valence-corrected chi connectivity index (χ1v) is 9.28. The molecule has 1 amide bonds. The molecule has 2 aromatic carbocycles. The third kappa shape index (κ3) is 3.88. The number of carbonyl (C=O) groups is 1. The topological polar surface area (TPSA) is 75.5 Å². The first-order valence-electron chi connectivity index (χ1n) is 8.53. The van der Waals surface area contributed by atoms with E-state index in [2.05, 4.69) is 9.97 Å². The van der Waals surface area contributed by atoms with Gasteiger partial charge in [-0.15, -0.1) is 0 Å². The molecule has 28 heavy (non-hydrogen) atoms. The lowest BCUT2D eigenvalue weighted by Crippen LogP contribution is -2.55. The summed E-state index contributed by atoms with van der Waals surface area (Å²) in [4.78, 5) is 21.4. The molecule has 0 saturated carbocycles. The second-order valence-corrected chi connectivity index (χ2v) is 7.22. The Hall–Kier alpha value is -2.83. The van der Waals surface area contributed by atoms with Crippen LogP contribution in [0.4, 0.5) is 4.79 Å². The predicted molar refractivity (Wildman–Crippen MR) is 107 cm³/mol. The number of hydrogen-bond donors (Lipinski definition) is 1. The molecule has 3 aromatic rings. The summed E-state index contributed by atoms with van der Waals surface area (Å²) < 4.78 is 5.80. The fourth-order valence-corrected chi connectivity index (χ4v) is 3.15. The molecule has 1 aliphatic rings. The second kappa shape index (κ2) is 7.66. The maximum atomic E-state index is 10.9. The van der Waals surface area contributed by atoms with Crippen LogP contribution in [-0.2, 0) is 0 Å². The number of amides is 1. The van der Waals surface area contributed by atoms with E-state index in [-0.39, 0.29) is 6.10 Å². The SMILES string of the molecule is O=C(O)N1CC(Oc2cnc(-c3ccc(Cl)cc3)c(-c3ccc(Cl)cc3)n2)C1. The molecular weight excluding hydrogens is 401 g/mol. The van der Waals surface area contributed by atoms with Gasteiger partial charge in [-0.3, -0.25) is 0 Å². The zero-order valence-corrected chi connectivity index (χ0v) is 16.1. The fourth-order valence-electron chi connectivity index (χ4n) is 2.90. The molecule has 4 rings (SSSR count). The van der Waals surface area contributed by atoms with Crippen LogP contribution in [0.5, 0.6) is 5.88 Å². The minimum atomic E-state index is -0.953. The van der Waals surface area contributed by atoms with Crippen LogP contribution in [0.2, 0.25) is 10.0 Å². The highest BCUT2D eigenvalue weighted by Crippen LogP contribution is 2.32. The lowest BCUT2D eigenvalue weighted by atomic mass is 10.0. The molecule has 2 heterocycles. The number of rotatable bonds is 4. The maximum Gasteiger partial charge on any atom is 0.407 e. The largest absolute Gasteiger partial charge is 0.469 e. The fraction of sp³-hybridized carbons (Fsp3) is 0.150. The van der Waals surface area contributed by atoms with Gasteiger partial charge in [0.2, 0.25) is 5.88 Å². The van der Waals surface area contributed by atoms with Crippen molar-refractivity contribution < 1.29 is 14.6 Å². The Morgan fingerprint density at radius 1 is 0.964 bits per heavy atom. The van der Waals surface area contributed by atoms with E-state index in [9.17, 15) is 4.79 Å². The Morgan fingerprint density at radius 3 is 2.04 bits per heavy atom. The van der Waals surface area contributed by atoms with Crippen LogP contribution in [0.3, 0.4) is 0 Å². The molecule has 1 fully saturated rings. The third-order valence-corrected chi connectivity index (χ3v) is 4.90. The molecular formula is C20H15Cl2N3O3. The highest BCUT2D eigenvalue weighted by Gasteiger charge is 2.32. The molecule has 1 aliphatic heterocycles. The predicted octanol–water partition coefficient (Wildman–Crippen LogP) is 4.86. The van der Waals surface area contributed by atoms with E-state index >= 15 is 0 Å². The van der Waals surface area contributed by atoms with E-state index < -0.39 is 6.09 Å². The first-order chi connectivity index (χ1) is 13.5. The van der Waals surface area contributed by atoms with Gasteiger partial charge in [-0.05, 0) is 24.3 Å². The number of nitrogens with zero attached hydrogens (tertiary/aromatic N) is 3. The highest BCUT2D eigenvalue weighted by atomic mass is 35.5. The van der Waals surface area contributed by atoms with Crippen molar-refractivity contribution in [1.29, 1.82) is 0 Å². The molecule has 1 N–H and O–H groups in total. The number of aromatic nitrogens is 2. The van der Waals surface area contributed by atoms with Crippen molar-refractivity contribution in [3.05, 3.63) is 64.8 Å². The van der Waals surface area contributed by atoms with Crippen LogP contribution in [0.15, 0.2) is 54.7 Å². The van der Waals surface area contributed by atoms with E-state index in [0.717, 1.165) is 11.1 Å². The van der Waals surface area contributed by atoms with Gasteiger partial charge in [-0.2, -0.15) is 0 Å². The van der Waals surface area contributed by atoms with Gasteiger partial charge in [0.15, 0.2) is 0 Å². The van der Waals surface area contributed by atoms with E-state index in [1.165, 1.54) is 4.90 Å². The van der Waals surface area contributed by atoms with Crippen molar-refractivity contribution in [2.24, 2.45) is 0 Å². The van der Waals surface area contributed by atoms with Crippen molar-refractivity contribution in [2.75, 3.05) is 13.1 Å². The van der Waals surface area contributed by atoms with Crippen molar-refractivity contribution in [1.82, 2.24) is 14.9 Å². The second-order valence-electron chi connectivity index (χ2n) is 6.35. The average Bonchev–Trinajstić information content (AvgIpc) is 2.65. The number of benzene rings is 2. The molecule has 0 spiro atoms. The Kier molecular flexibility index (Phi) is 5.07. The van der Waals surface area contributed by atoms with Crippen molar-refractivity contribution in [3.8, 4) is 28.4 Å². The van der Waals surface area contributed by atoms with E-state index in [1.807, 2.05) is 24.3 Å². The van der Waals surface area contributed by atoms with Crippen LogP contribution >= 0.6 is 23.2 Å². The number of halogens is 2. The molecule has 1 saturated heterocycles. The Balaban J connectivity index is 1.67. The lowest BCUT2D eigenvalue weighted by molar-refractivity contribution is 0.0226. The summed E-state index contributed by atoms with van der Waals surface area (Å²) >= 11 is 12.0. The van der Waals surface area contributed by atoms with E-state index in [4.69, 9.17) is 33.0 Å². The average molecular weight is 416 g/mol. The van der Waals surface area contributed by atoms with Gasteiger partial charge in [-0.1, -0.05) is 47.5 Å². The van der Waals surface area contributed by atoms with Crippen LogP contribution in [0.25, 0.3) is 22.5 Å². The van der Waals surface area contributed by atoms with Crippen molar-refractivity contribution >= 4 is 29.3 Å². The zero-order chi connectivity index (χ0) is 19.7. The van der Waals surface area contributed by atoms with Crippen LogP contribution in [0.1, 0.15) is 0 Å². The van der Waals surface area contributed by atoms with Gasteiger partial charge < -0.3 is 14.7 Å². The molecule has 0 aliphatic carbocycles. The summed E-state index contributed by atoms with van der Waals surface area (Å²) in [7, 11) is 0. The number of ether oxygens (including phenoxy) is 1. The lowest BCUT2D eigenvalue weighted by Gasteiger charge is -2.36. The number of carboxylic acid groups (broad SMARTS) is 1. The van der Waals surface area contributed by atoms with Gasteiger partial charge >= 0.3 is 6.09 Å². The molecule has 0 atom stereocenters. The summed E-state index contributed by atoms with van der Waals surface area (Å²) in [6, 6.07) is 14.7. The zero-order valence-electron chi connectivity index (χ0n) is 14.5. The number of likely N-dealkylation sites (tertiary alicyclic amines) is 1. The Bertz CT molecular complexity index is 1000. The minimum absolute atomic E-state index is 0.232. The first kappa shape index (κ1) is 18.5. The summed E-state index contributed by atoms with van der Waals surface area (Å²) in [6.07, 6.45) is 0.364. The normalized spacial score (nSPS) is 13.9. The van der Waals surface area contributed by atoms with Crippen LogP contribution in [0, 0.1) is 0 Å². The Morgan fingerprint density at radius 2 is 1.50 bits per heavy atom. The van der Waals surface area contributed by atoms with Gasteiger partial charge in [0.25, 0.3) is 0 Å². The van der Waals surface area contributed by atoms with Gasteiger partial charge in [0.05, 0.1) is 25.0 Å². The molecule has 1 aromatic heterocycles. The van der Waals surface area contributed by atoms with Gasteiger partial charge in [0, 0.05) is 21.2 Å². The molecule has 0 unspecified atom stereocenters. The molecule has 142 valence electrons. The summed E-state index contributed by atoms with van der Waals surface area (Å²) in [5.74, 6) is 0.345. The third-order valence-electron chi connectivity index (χ3n) is 4.39. The minimum Gasteiger partial charge on any atom is -0.469 e. The monoisotopic (exact) mass is 415 g/mol. The molecule has 0 bridgehead atoms. The van der Waals surface area contributed by atoms with Crippen molar-refractivity contribution in [2.45, 2.75) is 6.10 Å².